The molecule has 2 heterocycles. The summed E-state index contributed by atoms with van der Waals surface area (Å²) in [5.41, 5.74) is 5.10. The Hall–Kier alpha value is -3.53. The Labute approximate surface area is 192 Å². The molecule has 0 saturated heterocycles. The van der Waals surface area contributed by atoms with Crippen LogP contribution in [0.3, 0.4) is 0 Å². The third kappa shape index (κ3) is 4.80. The molecule has 1 fully saturated rings. The van der Waals surface area contributed by atoms with E-state index in [1.54, 1.807) is 5.94 Å². The Morgan fingerprint density at radius 1 is 1.33 bits per heavy atom. The summed E-state index contributed by atoms with van der Waals surface area (Å²) in [6.07, 6.45) is -0.828. The van der Waals surface area contributed by atoms with E-state index in [0.717, 1.165) is 0 Å². The van der Waals surface area contributed by atoms with Gasteiger partial charge in [-0.1, -0.05) is 5.16 Å². The SMILES string of the molecule is NC(=O)OS(=O)(=O)NC1CC(Nc2nonc2C2=NOC(=C=O)N2c2ccc(F)c(Br)c2)C1. The lowest BCUT2D eigenvalue weighted by Crippen LogP contribution is -2.50. The predicted octanol–water partition coefficient (Wildman–Crippen LogP) is 0.715. The second-order valence-corrected chi connectivity index (χ2v) is 8.96. The normalized spacial score (nSPS) is 19.9. The fraction of sp³-hybridized carbons (Fsp3) is 0.250. The third-order valence-electron chi connectivity index (χ3n) is 4.56. The van der Waals surface area contributed by atoms with Gasteiger partial charge in [-0.05, 0) is 57.3 Å². The van der Waals surface area contributed by atoms with Crippen LogP contribution in [0.15, 0.2) is 38.3 Å². The van der Waals surface area contributed by atoms with Crippen molar-refractivity contribution in [3.8, 4) is 0 Å². The number of hydrogen-bond donors (Lipinski definition) is 3. The van der Waals surface area contributed by atoms with Crippen molar-refractivity contribution >= 4 is 55.6 Å². The highest BCUT2D eigenvalue weighted by Crippen LogP contribution is 2.32. The number of carbonyl (C=O) groups is 1. The molecule has 2 aliphatic rings. The molecule has 4 rings (SSSR count). The highest BCUT2D eigenvalue weighted by molar-refractivity contribution is 9.10. The summed E-state index contributed by atoms with van der Waals surface area (Å²) in [5, 5.41) is 14.4. The van der Waals surface area contributed by atoms with Crippen molar-refractivity contribution in [2.45, 2.75) is 24.9 Å². The van der Waals surface area contributed by atoms with Crippen molar-refractivity contribution < 1.29 is 36.0 Å². The summed E-state index contributed by atoms with van der Waals surface area (Å²) in [6, 6.07) is 3.19. The van der Waals surface area contributed by atoms with E-state index in [1.807, 2.05) is 0 Å². The molecular weight excluding hydrogens is 533 g/mol. The number of anilines is 2. The van der Waals surface area contributed by atoms with Gasteiger partial charge < -0.3 is 20.1 Å². The van der Waals surface area contributed by atoms with Crippen molar-refractivity contribution in [3.05, 3.63) is 40.1 Å². The summed E-state index contributed by atoms with van der Waals surface area (Å²) < 4.78 is 47.9. The van der Waals surface area contributed by atoms with Crippen LogP contribution in [0.5, 0.6) is 0 Å². The number of halogens is 2. The Kier molecular flexibility index (Phi) is 6.03. The highest BCUT2D eigenvalue weighted by atomic mass is 79.9. The van der Waals surface area contributed by atoms with Gasteiger partial charge in [0.15, 0.2) is 11.6 Å². The van der Waals surface area contributed by atoms with E-state index < -0.39 is 28.3 Å². The highest BCUT2D eigenvalue weighted by Gasteiger charge is 2.37. The van der Waals surface area contributed by atoms with Crippen LogP contribution in [0.4, 0.5) is 20.7 Å². The van der Waals surface area contributed by atoms with Gasteiger partial charge in [-0.3, -0.25) is 0 Å². The predicted molar refractivity (Wildman–Crippen MR) is 111 cm³/mol. The van der Waals surface area contributed by atoms with Crippen LogP contribution in [0.1, 0.15) is 18.5 Å². The zero-order chi connectivity index (χ0) is 23.8. The number of primary amides is 1. The molecule has 33 heavy (non-hydrogen) atoms. The molecule has 0 unspecified atom stereocenters. The fourth-order valence-electron chi connectivity index (χ4n) is 3.13. The average Bonchev–Trinajstić information content (AvgIpc) is 3.33. The van der Waals surface area contributed by atoms with Gasteiger partial charge in [0.2, 0.25) is 11.7 Å². The molecule has 1 aromatic carbocycles. The van der Waals surface area contributed by atoms with Crippen LogP contribution in [0.25, 0.3) is 0 Å². The average molecular weight is 546 g/mol. The molecule has 2 aromatic rings. The van der Waals surface area contributed by atoms with Crippen LogP contribution in [0.2, 0.25) is 0 Å². The minimum Gasteiger partial charge on any atom is -0.362 e. The van der Waals surface area contributed by atoms with Gasteiger partial charge in [0.1, 0.15) is 5.82 Å². The number of hydrogen-bond acceptors (Lipinski definition) is 12. The maximum Gasteiger partial charge on any atom is 0.421 e. The largest absolute Gasteiger partial charge is 0.421 e. The van der Waals surface area contributed by atoms with Gasteiger partial charge in [0, 0.05) is 12.1 Å². The number of nitrogens with one attached hydrogen (secondary N) is 2. The van der Waals surface area contributed by atoms with Crippen LogP contribution >= 0.6 is 15.9 Å². The zero-order valence-electron chi connectivity index (χ0n) is 16.2. The first-order valence-electron chi connectivity index (χ1n) is 9.03. The van der Waals surface area contributed by atoms with Crippen LogP contribution in [-0.2, 0) is 24.1 Å². The smallest absolute Gasteiger partial charge is 0.362 e. The van der Waals surface area contributed by atoms with Crippen molar-refractivity contribution in [3.63, 3.8) is 0 Å². The van der Waals surface area contributed by atoms with Gasteiger partial charge in [-0.25, -0.2) is 23.5 Å². The Balaban J connectivity index is 1.48. The molecule has 1 aliphatic carbocycles. The van der Waals surface area contributed by atoms with E-state index >= 15 is 0 Å². The summed E-state index contributed by atoms with van der Waals surface area (Å²) in [5.74, 6) is 0.918. The van der Waals surface area contributed by atoms with E-state index in [-0.39, 0.29) is 33.7 Å². The molecule has 1 amide bonds. The van der Waals surface area contributed by atoms with E-state index in [1.165, 1.54) is 23.1 Å². The number of nitrogens with zero attached hydrogens (tertiary/aromatic N) is 4. The summed E-state index contributed by atoms with van der Waals surface area (Å²) in [6.45, 7) is 0. The topological polar surface area (TPSA) is 191 Å². The zero-order valence-corrected chi connectivity index (χ0v) is 18.6. The molecule has 0 atom stereocenters. The Bertz CT molecular complexity index is 1290. The molecule has 4 N–H and O–H groups in total. The second-order valence-electron chi connectivity index (χ2n) is 6.79. The number of benzene rings is 1. The number of carbonyl (C=O) groups excluding carboxylic acids is 2. The van der Waals surface area contributed by atoms with Crippen molar-refractivity contribution in [2.75, 3.05) is 10.2 Å². The van der Waals surface area contributed by atoms with E-state index in [0.29, 0.717) is 18.5 Å². The molecule has 1 saturated carbocycles. The van der Waals surface area contributed by atoms with Gasteiger partial charge in [-0.2, -0.15) is 13.1 Å². The maximum absolute atomic E-state index is 13.7. The van der Waals surface area contributed by atoms with E-state index in [2.05, 4.69) is 45.6 Å². The quantitative estimate of drug-likeness (QED) is 0.415. The number of amides is 1. The first kappa shape index (κ1) is 22.7. The summed E-state index contributed by atoms with van der Waals surface area (Å²) in [7, 11) is -4.31. The Morgan fingerprint density at radius 2 is 2.09 bits per heavy atom. The van der Waals surface area contributed by atoms with E-state index in [9.17, 15) is 22.4 Å². The molecule has 14 nitrogen and oxygen atoms in total. The number of rotatable bonds is 7. The molecule has 1 aliphatic heterocycles. The van der Waals surface area contributed by atoms with E-state index in [4.69, 9.17) is 15.2 Å². The number of oxime groups is 1. The monoisotopic (exact) mass is 545 g/mol. The molecule has 1 aromatic heterocycles. The second kappa shape index (κ2) is 8.78. The van der Waals surface area contributed by atoms with Crippen molar-refractivity contribution in [2.24, 2.45) is 10.9 Å². The summed E-state index contributed by atoms with van der Waals surface area (Å²) in [4.78, 5) is 28.2. The Morgan fingerprint density at radius 3 is 2.76 bits per heavy atom. The molecular formula is C16H13BrFN7O7S. The van der Waals surface area contributed by atoms with Crippen LogP contribution in [0, 0.1) is 5.82 Å². The number of aromatic nitrogens is 2. The lowest BCUT2D eigenvalue weighted by Gasteiger charge is -2.35. The first-order valence-corrected chi connectivity index (χ1v) is 11.2. The lowest BCUT2D eigenvalue weighted by molar-refractivity contribution is 0.210. The molecule has 0 bridgehead atoms. The molecule has 0 radical (unpaired) electrons. The van der Waals surface area contributed by atoms with Crippen molar-refractivity contribution in [1.82, 2.24) is 15.0 Å². The minimum atomic E-state index is -4.31. The third-order valence-corrected chi connectivity index (χ3v) is 6.18. The first-order chi connectivity index (χ1) is 15.7. The van der Waals surface area contributed by atoms with Crippen LogP contribution < -0.4 is 20.7 Å². The molecule has 17 heteroatoms. The number of nitrogens with two attached hydrogens (primary N) is 1. The number of amidine groups is 1. The van der Waals surface area contributed by atoms with Gasteiger partial charge >= 0.3 is 22.3 Å². The van der Waals surface area contributed by atoms with Crippen molar-refractivity contribution in [1.29, 1.82) is 0 Å². The van der Waals surface area contributed by atoms with Gasteiger partial charge in [0.05, 0.1) is 10.2 Å². The van der Waals surface area contributed by atoms with Gasteiger partial charge in [-0.15, -0.1) is 0 Å². The summed E-state index contributed by atoms with van der Waals surface area (Å²) >= 11 is 3.07. The minimum absolute atomic E-state index is 0.0158. The maximum atomic E-state index is 13.7. The fourth-order valence-corrected chi connectivity index (χ4v) is 4.36. The van der Waals surface area contributed by atoms with Crippen LogP contribution in [-0.4, -0.2) is 48.7 Å². The molecule has 174 valence electrons. The van der Waals surface area contributed by atoms with Gasteiger partial charge in [0.25, 0.3) is 0 Å². The molecule has 0 spiro atoms. The lowest BCUT2D eigenvalue weighted by atomic mass is 9.87. The standard InChI is InChI=1S/C16H13BrFN7O7S/c17-10-5-9(1-2-11(10)18)25-12(6-26)30-23-15(25)13-14(22-32-21-13)20-7-3-8(4-7)24-33(28,29)31-16(19)27/h1-2,5,7-8,24H,3-4H2,(H2,19,27)(H,20,22).